The summed E-state index contributed by atoms with van der Waals surface area (Å²) in [6.45, 7) is 15.5. The average molecular weight is 265 g/mol. The van der Waals surface area contributed by atoms with Crippen LogP contribution in [0.4, 0.5) is 0 Å². The van der Waals surface area contributed by atoms with Crippen LogP contribution in [0.25, 0.3) is 0 Å². The Hall–Kier alpha value is -0.830. The Bertz CT molecular complexity index is 366. The summed E-state index contributed by atoms with van der Waals surface area (Å²) < 4.78 is 2.17. The SMILES string of the molecule is CCc1cc(CC(CNC(C)C)C(C)C)n(CC)n1. The quantitative estimate of drug-likeness (QED) is 0.782. The van der Waals surface area contributed by atoms with E-state index in [0.29, 0.717) is 17.9 Å². The van der Waals surface area contributed by atoms with E-state index in [2.05, 4.69) is 62.7 Å². The minimum Gasteiger partial charge on any atom is -0.314 e. The van der Waals surface area contributed by atoms with Gasteiger partial charge in [0.1, 0.15) is 0 Å². The largest absolute Gasteiger partial charge is 0.314 e. The molecule has 1 atom stereocenters. The molecule has 0 aliphatic rings. The van der Waals surface area contributed by atoms with Crippen molar-refractivity contribution in [3.8, 4) is 0 Å². The van der Waals surface area contributed by atoms with Gasteiger partial charge in [0.25, 0.3) is 0 Å². The highest BCUT2D eigenvalue weighted by molar-refractivity contribution is 5.11. The minimum atomic E-state index is 0.559. The van der Waals surface area contributed by atoms with E-state index in [1.54, 1.807) is 0 Å². The van der Waals surface area contributed by atoms with Crippen molar-refractivity contribution < 1.29 is 0 Å². The summed E-state index contributed by atoms with van der Waals surface area (Å²) in [6.07, 6.45) is 2.15. The van der Waals surface area contributed by atoms with Gasteiger partial charge in [0, 0.05) is 18.3 Å². The van der Waals surface area contributed by atoms with Crippen LogP contribution < -0.4 is 5.32 Å². The Morgan fingerprint density at radius 3 is 2.37 bits per heavy atom. The number of rotatable bonds is 8. The molecule has 0 aliphatic heterocycles. The first-order chi connectivity index (χ1) is 8.97. The number of hydrogen-bond donors (Lipinski definition) is 1. The van der Waals surface area contributed by atoms with E-state index in [1.807, 2.05) is 0 Å². The van der Waals surface area contributed by atoms with Crippen LogP contribution in [-0.2, 0) is 19.4 Å². The first kappa shape index (κ1) is 16.2. The first-order valence-electron chi connectivity index (χ1n) is 7.76. The number of nitrogens with zero attached hydrogens (tertiary/aromatic N) is 2. The van der Waals surface area contributed by atoms with Crippen LogP contribution in [0, 0.1) is 11.8 Å². The standard InChI is InChI=1S/C16H31N3/c1-7-15-10-16(19(8-2)18-15)9-14(12(3)4)11-17-13(5)6/h10,12-14,17H,7-9,11H2,1-6H3. The van der Waals surface area contributed by atoms with Crippen molar-refractivity contribution in [2.45, 2.75) is 67.0 Å². The highest BCUT2D eigenvalue weighted by atomic mass is 15.3. The Morgan fingerprint density at radius 2 is 1.89 bits per heavy atom. The van der Waals surface area contributed by atoms with Gasteiger partial charge in [-0.2, -0.15) is 5.10 Å². The second-order valence-corrected chi connectivity index (χ2v) is 6.07. The van der Waals surface area contributed by atoms with Gasteiger partial charge in [0.05, 0.1) is 5.69 Å². The van der Waals surface area contributed by atoms with Crippen LogP contribution in [0.2, 0.25) is 0 Å². The van der Waals surface area contributed by atoms with Crippen molar-refractivity contribution in [2.75, 3.05) is 6.54 Å². The summed E-state index contributed by atoms with van der Waals surface area (Å²) in [5.41, 5.74) is 2.61. The van der Waals surface area contributed by atoms with Crippen LogP contribution >= 0.6 is 0 Å². The number of aromatic nitrogens is 2. The molecule has 3 nitrogen and oxygen atoms in total. The minimum absolute atomic E-state index is 0.559. The zero-order valence-corrected chi connectivity index (χ0v) is 13.5. The molecule has 0 spiro atoms. The van der Waals surface area contributed by atoms with Gasteiger partial charge < -0.3 is 5.32 Å². The lowest BCUT2D eigenvalue weighted by Gasteiger charge is -2.23. The van der Waals surface area contributed by atoms with Crippen molar-refractivity contribution in [2.24, 2.45) is 11.8 Å². The van der Waals surface area contributed by atoms with E-state index in [1.165, 1.54) is 11.4 Å². The molecule has 0 amide bonds. The van der Waals surface area contributed by atoms with E-state index in [4.69, 9.17) is 0 Å². The fourth-order valence-electron chi connectivity index (χ4n) is 2.33. The molecule has 1 N–H and O–H groups in total. The summed E-state index contributed by atoms with van der Waals surface area (Å²) in [7, 11) is 0. The lowest BCUT2D eigenvalue weighted by molar-refractivity contribution is 0.341. The Morgan fingerprint density at radius 1 is 1.21 bits per heavy atom. The van der Waals surface area contributed by atoms with E-state index < -0.39 is 0 Å². The second kappa shape index (κ2) is 7.68. The molecule has 110 valence electrons. The molecular weight excluding hydrogens is 234 g/mol. The van der Waals surface area contributed by atoms with Crippen LogP contribution in [-0.4, -0.2) is 22.4 Å². The third-order valence-corrected chi connectivity index (χ3v) is 3.78. The Balaban J connectivity index is 2.74. The molecule has 3 heteroatoms. The van der Waals surface area contributed by atoms with Crippen LogP contribution in [0.5, 0.6) is 0 Å². The lowest BCUT2D eigenvalue weighted by atomic mass is 9.90. The molecule has 0 fully saturated rings. The van der Waals surface area contributed by atoms with Crippen molar-refractivity contribution in [3.63, 3.8) is 0 Å². The molecule has 0 bridgehead atoms. The molecule has 1 unspecified atom stereocenters. The Labute approximate surface area is 118 Å². The highest BCUT2D eigenvalue weighted by Crippen LogP contribution is 2.18. The maximum atomic E-state index is 4.65. The zero-order chi connectivity index (χ0) is 14.4. The van der Waals surface area contributed by atoms with Crippen molar-refractivity contribution in [1.82, 2.24) is 15.1 Å². The third-order valence-electron chi connectivity index (χ3n) is 3.78. The predicted octanol–water partition coefficient (Wildman–Crippen LogP) is 3.28. The molecular formula is C16H31N3. The van der Waals surface area contributed by atoms with Crippen molar-refractivity contribution in [1.29, 1.82) is 0 Å². The fourth-order valence-corrected chi connectivity index (χ4v) is 2.33. The summed E-state index contributed by atoms with van der Waals surface area (Å²) >= 11 is 0. The maximum absolute atomic E-state index is 4.65. The molecule has 19 heavy (non-hydrogen) atoms. The molecule has 0 radical (unpaired) electrons. The van der Waals surface area contributed by atoms with Gasteiger partial charge in [0.2, 0.25) is 0 Å². The van der Waals surface area contributed by atoms with Gasteiger partial charge in [-0.15, -0.1) is 0 Å². The zero-order valence-electron chi connectivity index (χ0n) is 13.5. The van der Waals surface area contributed by atoms with Gasteiger partial charge >= 0.3 is 0 Å². The van der Waals surface area contributed by atoms with Crippen LogP contribution in [0.3, 0.4) is 0 Å². The number of hydrogen-bond acceptors (Lipinski definition) is 2. The fraction of sp³-hybridized carbons (Fsp3) is 0.812. The number of nitrogens with one attached hydrogen (secondary N) is 1. The Kier molecular flexibility index (Phi) is 6.56. The number of aryl methyl sites for hydroxylation is 2. The maximum Gasteiger partial charge on any atom is 0.0624 e. The van der Waals surface area contributed by atoms with E-state index in [-0.39, 0.29) is 0 Å². The van der Waals surface area contributed by atoms with Crippen LogP contribution in [0.1, 0.15) is 52.9 Å². The monoisotopic (exact) mass is 265 g/mol. The second-order valence-electron chi connectivity index (χ2n) is 6.07. The summed E-state index contributed by atoms with van der Waals surface area (Å²) in [5.74, 6) is 1.37. The summed E-state index contributed by atoms with van der Waals surface area (Å²) in [6, 6.07) is 2.84. The van der Waals surface area contributed by atoms with Gasteiger partial charge in [-0.3, -0.25) is 4.68 Å². The van der Waals surface area contributed by atoms with Crippen molar-refractivity contribution >= 4 is 0 Å². The molecule has 0 aromatic carbocycles. The highest BCUT2D eigenvalue weighted by Gasteiger charge is 2.17. The predicted molar refractivity (Wildman–Crippen MR) is 82.4 cm³/mol. The van der Waals surface area contributed by atoms with E-state index in [9.17, 15) is 0 Å². The van der Waals surface area contributed by atoms with Gasteiger partial charge in [-0.1, -0.05) is 34.6 Å². The first-order valence-corrected chi connectivity index (χ1v) is 7.76. The molecule has 0 aliphatic carbocycles. The average Bonchev–Trinajstić information content (AvgIpc) is 2.76. The summed E-state index contributed by atoms with van der Waals surface area (Å²) in [5, 5.41) is 8.23. The smallest absolute Gasteiger partial charge is 0.0624 e. The van der Waals surface area contributed by atoms with Crippen molar-refractivity contribution in [3.05, 3.63) is 17.5 Å². The van der Waals surface area contributed by atoms with E-state index in [0.717, 1.165) is 25.9 Å². The lowest BCUT2D eigenvalue weighted by Crippen LogP contribution is -2.32. The molecule has 0 saturated carbocycles. The molecule has 0 saturated heterocycles. The third kappa shape index (κ3) is 4.98. The topological polar surface area (TPSA) is 29.9 Å². The summed E-state index contributed by atoms with van der Waals surface area (Å²) in [4.78, 5) is 0. The normalized spacial score (nSPS) is 13.5. The van der Waals surface area contributed by atoms with Gasteiger partial charge in [-0.05, 0) is 44.2 Å². The van der Waals surface area contributed by atoms with E-state index >= 15 is 0 Å². The molecule has 1 rings (SSSR count). The molecule has 1 aromatic rings. The molecule has 1 aromatic heterocycles. The van der Waals surface area contributed by atoms with Gasteiger partial charge in [0.15, 0.2) is 0 Å². The van der Waals surface area contributed by atoms with Crippen LogP contribution in [0.15, 0.2) is 6.07 Å². The van der Waals surface area contributed by atoms with Gasteiger partial charge in [-0.25, -0.2) is 0 Å². The molecule has 1 heterocycles.